The minimum Gasteiger partial charge on any atom is -0.388 e. The van der Waals surface area contributed by atoms with E-state index < -0.39 is 5.60 Å². The van der Waals surface area contributed by atoms with Crippen LogP contribution >= 0.6 is 0 Å². The van der Waals surface area contributed by atoms with Crippen molar-refractivity contribution < 1.29 is 14.6 Å². The fourth-order valence-corrected chi connectivity index (χ4v) is 2.37. The highest BCUT2D eigenvalue weighted by molar-refractivity contribution is 5.75. The summed E-state index contributed by atoms with van der Waals surface area (Å²) in [7, 11) is 1.65. The van der Waals surface area contributed by atoms with Crippen molar-refractivity contribution in [2.45, 2.75) is 71.0 Å². The Bertz CT molecular complexity index is 292. The maximum atomic E-state index is 11.7. The van der Waals surface area contributed by atoms with Crippen molar-refractivity contribution >= 4 is 5.91 Å². The third-order valence-corrected chi connectivity index (χ3v) is 4.33. The van der Waals surface area contributed by atoms with Crippen LogP contribution < -0.4 is 5.32 Å². The lowest BCUT2D eigenvalue weighted by Crippen LogP contribution is -2.46. The molecule has 1 saturated carbocycles. The Morgan fingerprint density at radius 3 is 2.42 bits per heavy atom. The van der Waals surface area contributed by atoms with E-state index in [1.807, 2.05) is 6.92 Å². The Kier molecular flexibility index (Phi) is 5.81. The molecule has 0 radical (unpaired) electrons. The first kappa shape index (κ1) is 16.4. The molecule has 0 heterocycles. The highest BCUT2D eigenvalue weighted by atomic mass is 16.5. The third-order valence-electron chi connectivity index (χ3n) is 4.33. The van der Waals surface area contributed by atoms with Crippen molar-refractivity contribution in [3.8, 4) is 0 Å². The van der Waals surface area contributed by atoms with E-state index in [4.69, 9.17) is 4.74 Å². The number of rotatable bonds is 6. The number of nitrogens with one attached hydrogen (secondary N) is 1. The highest BCUT2D eigenvalue weighted by Crippen LogP contribution is 2.39. The van der Waals surface area contributed by atoms with Gasteiger partial charge in [0.25, 0.3) is 0 Å². The average Bonchev–Trinajstić information content (AvgIpc) is 2.38. The van der Waals surface area contributed by atoms with Gasteiger partial charge in [0.2, 0.25) is 5.91 Å². The van der Waals surface area contributed by atoms with Crippen LogP contribution in [0.3, 0.4) is 0 Å². The predicted octanol–water partition coefficient (Wildman–Crippen LogP) is 2.25. The molecule has 2 N–H and O–H groups in total. The molecular formula is C15H29NO3. The van der Waals surface area contributed by atoms with Crippen LogP contribution in [0.2, 0.25) is 0 Å². The highest BCUT2D eigenvalue weighted by Gasteiger charge is 2.36. The number of hydrogen-bond acceptors (Lipinski definition) is 3. The number of ether oxygens (including phenoxy) is 1. The topological polar surface area (TPSA) is 58.6 Å². The van der Waals surface area contributed by atoms with Crippen molar-refractivity contribution in [3.63, 3.8) is 0 Å². The smallest absolute Gasteiger partial charge is 0.220 e. The first-order chi connectivity index (χ1) is 8.76. The van der Waals surface area contributed by atoms with Gasteiger partial charge in [-0.05, 0) is 44.4 Å². The molecule has 0 aromatic carbocycles. The average molecular weight is 271 g/mol. The third kappa shape index (κ3) is 5.91. The molecular weight excluding hydrogens is 242 g/mol. The van der Waals surface area contributed by atoms with Crippen LogP contribution in [0.1, 0.15) is 59.3 Å². The van der Waals surface area contributed by atoms with Crippen LogP contribution in [-0.2, 0) is 9.53 Å². The van der Waals surface area contributed by atoms with E-state index in [-0.39, 0.29) is 12.0 Å². The number of carbonyl (C=O) groups is 1. The summed E-state index contributed by atoms with van der Waals surface area (Å²) in [6, 6.07) is 0. The molecule has 1 fully saturated rings. The van der Waals surface area contributed by atoms with E-state index in [0.717, 1.165) is 25.7 Å². The Labute approximate surface area is 116 Å². The molecule has 0 aromatic heterocycles. The first-order valence-electron chi connectivity index (χ1n) is 7.28. The van der Waals surface area contributed by atoms with Crippen LogP contribution in [0.25, 0.3) is 0 Å². The van der Waals surface area contributed by atoms with Gasteiger partial charge in [-0.3, -0.25) is 4.79 Å². The van der Waals surface area contributed by atoms with E-state index in [9.17, 15) is 9.90 Å². The van der Waals surface area contributed by atoms with Crippen molar-refractivity contribution in [2.75, 3.05) is 13.7 Å². The lowest BCUT2D eigenvalue weighted by Gasteiger charge is -2.40. The van der Waals surface area contributed by atoms with Gasteiger partial charge in [0.05, 0.1) is 11.7 Å². The van der Waals surface area contributed by atoms with Crippen LogP contribution in [0.15, 0.2) is 0 Å². The first-order valence-corrected chi connectivity index (χ1v) is 7.28. The van der Waals surface area contributed by atoms with E-state index in [1.54, 1.807) is 7.11 Å². The summed E-state index contributed by atoms with van der Waals surface area (Å²) in [5, 5.41) is 13.3. The SMILES string of the molecule is COC(C)CCC(=O)NCC1(O)CCC(C)(C)CC1. The molecule has 1 amide bonds. The molecule has 1 atom stereocenters. The summed E-state index contributed by atoms with van der Waals surface area (Å²) in [4.78, 5) is 11.7. The van der Waals surface area contributed by atoms with E-state index in [2.05, 4.69) is 19.2 Å². The largest absolute Gasteiger partial charge is 0.388 e. The summed E-state index contributed by atoms with van der Waals surface area (Å²) in [5.41, 5.74) is -0.387. The Balaban J connectivity index is 2.26. The molecule has 4 heteroatoms. The van der Waals surface area contributed by atoms with Gasteiger partial charge in [-0.25, -0.2) is 0 Å². The zero-order valence-corrected chi connectivity index (χ0v) is 12.8. The summed E-state index contributed by atoms with van der Waals surface area (Å²) in [5.74, 6) is 0.00200. The van der Waals surface area contributed by atoms with Crippen molar-refractivity contribution in [1.82, 2.24) is 5.32 Å². The fourth-order valence-electron chi connectivity index (χ4n) is 2.37. The quantitative estimate of drug-likeness (QED) is 0.779. The molecule has 19 heavy (non-hydrogen) atoms. The van der Waals surface area contributed by atoms with Crippen LogP contribution in [0.5, 0.6) is 0 Å². The monoisotopic (exact) mass is 271 g/mol. The van der Waals surface area contributed by atoms with Crippen LogP contribution in [0.4, 0.5) is 0 Å². The minimum atomic E-state index is -0.710. The fraction of sp³-hybridized carbons (Fsp3) is 0.933. The molecule has 0 bridgehead atoms. The second-order valence-corrected chi connectivity index (χ2v) is 6.75. The van der Waals surface area contributed by atoms with Gasteiger partial charge < -0.3 is 15.2 Å². The normalized spacial score (nSPS) is 22.8. The molecule has 0 aromatic rings. The second-order valence-electron chi connectivity index (χ2n) is 6.75. The van der Waals surface area contributed by atoms with E-state index >= 15 is 0 Å². The number of carbonyl (C=O) groups excluding carboxylic acids is 1. The van der Waals surface area contributed by atoms with Crippen molar-refractivity contribution in [2.24, 2.45) is 5.41 Å². The summed E-state index contributed by atoms with van der Waals surface area (Å²) in [6.45, 7) is 6.79. The number of aliphatic hydroxyl groups is 1. The zero-order chi connectivity index (χ0) is 14.5. The van der Waals surface area contributed by atoms with Gasteiger partial charge in [0, 0.05) is 20.1 Å². The molecule has 0 aliphatic heterocycles. The molecule has 4 nitrogen and oxygen atoms in total. The number of hydrogen-bond donors (Lipinski definition) is 2. The Morgan fingerprint density at radius 1 is 1.32 bits per heavy atom. The Morgan fingerprint density at radius 2 is 1.89 bits per heavy atom. The van der Waals surface area contributed by atoms with Crippen LogP contribution in [0, 0.1) is 5.41 Å². The zero-order valence-electron chi connectivity index (χ0n) is 12.8. The standard InChI is InChI=1S/C15H29NO3/c1-12(19-4)5-6-13(17)16-11-15(18)9-7-14(2,3)8-10-15/h12,18H,5-11H2,1-4H3,(H,16,17). The van der Waals surface area contributed by atoms with Gasteiger partial charge >= 0.3 is 0 Å². The van der Waals surface area contributed by atoms with E-state index in [0.29, 0.717) is 24.8 Å². The lowest BCUT2D eigenvalue weighted by molar-refractivity contribution is -0.123. The van der Waals surface area contributed by atoms with Crippen molar-refractivity contribution in [1.29, 1.82) is 0 Å². The molecule has 1 rings (SSSR count). The number of methoxy groups -OCH3 is 1. The summed E-state index contributed by atoms with van der Waals surface area (Å²) < 4.78 is 5.11. The van der Waals surface area contributed by atoms with Gasteiger partial charge in [-0.2, -0.15) is 0 Å². The Hall–Kier alpha value is -0.610. The molecule has 0 spiro atoms. The summed E-state index contributed by atoms with van der Waals surface area (Å²) in [6.07, 6.45) is 4.85. The summed E-state index contributed by atoms with van der Waals surface area (Å²) >= 11 is 0. The molecule has 1 aliphatic carbocycles. The maximum absolute atomic E-state index is 11.7. The van der Waals surface area contributed by atoms with Gasteiger partial charge in [-0.15, -0.1) is 0 Å². The maximum Gasteiger partial charge on any atom is 0.220 e. The predicted molar refractivity (Wildman–Crippen MR) is 75.9 cm³/mol. The lowest BCUT2D eigenvalue weighted by atomic mass is 9.71. The minimum absolute atomic E-state index is 0.00200. The molecule has 112 valence electrons. The molecule has 1 unspecified atom stereocenters. The molecule has 0 saturated heterocycles. The number of amides is 1. The van der Waals surface area contributed by atoms with Crippen LogP contribution in [-0.4, -0.2) is 36.4 Å². The van der Waals surface area contributed by atoms with Gasteiger partial charge in [-0.1, -0.05) is 13.8 Å². The van der Waals surface area contributed by atoms with E-state index in [1.165, 1.54) is 0 Å². The van der Waals surface area contributed by atoms with Gasteiger partial charge in [0.1, 0.15) is 0 Å². The molecule has 1 aliphatic rings. The van der Waals surface area contributed by atoms with Crippen molar-refractivity contribution in [3.05, 3.63) is 0 Å². The van der Waals surface area contributed by atoms with Gasteiger partial charge in [0.15, 0.2) is 0 Å². The second kappa shape index (κ2) is 6.71.